The lowest BCUT2D eigenvalue weighted by atomic mass is 10.3. The number of imidazole rings is 1. The van der Waals surface area contributed by atoms with E-state index in [2.05, 4.69) is 21.8 Å². The minimum atomic E-state index is -0.918. The number of thiazole rings is 1. The number of carboxylic acids is 1. The van der Waals surface area contributed by atoms with Crippen LogP contribution in [0, 0.1) is 0 Å². The summed E-state index contributed by atoms with van der Waals surface area (Å²) in [4.78, 5) is 21.1. The molecule has 0 bridgehead atoms. The molecule has 0 spiro atoms. The summed E-state index contributed by atoms with van der Waals surface area (Å²) < 4.78 is 1.66. The van der Waals surface area contributed by atoms with Gasteiger partial charge in [-0.05, 0) is 20.0 Å². The number of carbonyl (C=O) groups is 1. The van der Waals surface area contributed by atoms with Crippen LogP contribution in [0.15, 0.2) is 11.6 Å². The van der Waals surface area contributed by atoms with Crippen LogP contribution < -0.4 is 4.90 Å². The maximum absolute atomic E-state index is 11.5. The van der Waals surface area contributed by atoms with Crippen LogP contribution in [0.4, 0.5) is 5.82 Å². The molecule has 3 heterocycles. The summed E-state index contributed by atoms with van der Waals surface area (Å²) in [5.74, 6) is -0.312. The average molecular weight is 280 g/mol. The third kappa shape index (κ3) is 2.19. The monoisotopic (exact) mass is 280 g/mol. The maximum atomic E-state index is 11.5. The van der Waals surface area contributed by atoms with E-state index in [-0.39, 0.29) is 5.69 Å². The first-order valence-electron chi connectivity index (χ1n) is 6.29. The molecule has 2 aromatic rings. The van der Waals surface area contributed by atoms with Gasteiger partial charge in [0.25, 0.3) is 0 Å². The topological polar surface area (TPSA) is 61.1 Å². The van der Waals surface area contributed by atoms with E-state index in [0.717, 1.165) is 37.6 Å². The Hall–Kier alpha value is -1.60. The van der Waals surface area contributed by atoms with Crippen molar-refractivity contribution in [2.45, 2.75) is 6.42 Å². The molecule has 19 heavy (non-hydrogen) atoms. The fourth-order valence-corrected chi connectivity index (χ4v) is 3.16. The SMILES string of the molecule is CN1CCCN(c2nc3sccn3c2C(=O)O)CC1. The molecule has 2 aromatic heterocycles. The van der Waals surface area contributed by atoms with Gasteiger partial charge in [0.05, 0.1) is 0 Å². The van der Waals surface area contributed by atoms with Crippen molar-refractivity contribution in [3.63, 3.8) is 0 Å². The molecule has 0 aliphatic carbocycles. The summed E-state index contributed by atoms with van der Waals surface area (Å²) in [6.07, 6.45) is 2.80. The average Bonchev–Trinajstić information content (AvgIpc) is 2.86. The van der Waals surface area contributed by atoms with Crippen molar-refractivity contribution >= 4 is 28.1 Å². The van der Waals surface area contributed by atoms with Gasteiger partial charge in [0.2, 0.25) is 0 Å². The molecule has 6 nitrogen and oxygen atoms in total. The van der Waals surface area contributed by atoms with Gasteiger partial charge in [0, 0.05) is 31.2 Å². The number of carboxylic acid groups (broad SMARTS) is 1. The van der Waals surface area contributed by atoms with E-state index in [4.69, 9.17) is 0 Å². The lowest BCUT2D eigenvalue weighted by Gasteiger charge is -2.20. The molecule has 1 fully saturated rings. The summed E-state index contributed by atoms with van der Waals surface area (Å²) >= 11 is 1.46. The number of hydrogen-bond acceptors (Lipinski definition) is 5. The first-order chi connectivity index (χ1) is 9.16. The molecular formula is C12H16N4O2S. The van der Waals surface area contributed by atoms with Gasteiger partial charge < -0.3 is 14.9 Å². The zero-order chi connectivity index (χ0) is 13.4. The van der Waals surface area contributed by atoms with Gasteiger partial charge in [-0.1, -0.05) is 0 Å². The smallest absolute Gasteiger partial charge is 0.356 e. The Balaban J connectivity index is 2.01. The van der Waals surface area contributed by atoms with Crippen molar-refractivity contribution in [2.24, 2.45) is 0 Å². The van der Waals surface area contributed by atoms with E-state index in [1.165, 1.54) is 11.3 Å². The number of aromatic nitrogens is 2. The lowest BCUT2D eigenvalue weighted by Crippen LogP contribution is -2.30. The van der Waals surface area contributed by atoms with E-state index in [0.29, 0.717) is 5.82 Å². The highest BCUT2D eigenvalue weighted by Gasteiger charge is 2.25. The highest BCUT2D eigenvalue weighted by molar-refractivity contribution is 7.15. The van der Waals surface area contributed by atoms with E-state index < -0.39 is 5.97 Å². The molecule has 0 amide bonds. The normalized spacial score (nSPS) is 17.8. The second-order valence-electron chi connectivity index (χ2n) is 4.79. The number of aromatic carboxylic acids is 1. The van der Waals surface area contributed by atoms with Gasteiger partial charge in [0.1, 0.15) is 0 Å². The van der Waals surface area contributed by atoms with E-state index in [1.54, 1.807) is 10.6 Å². The van der Waals surface area contributed by atoms with Gasteiger partial charge in [-0.2, -0.15) is 0 Å². The Morgan fingerprint density at radius 2 is 2.21 bits per heavy atom. The summed E-state index contributed by atoms with van der Waals surface area (Å²) in [5.41, 5.74) is 0.279. The molecule has 0 radical (unpaired) electrons. The fourth-order valence-electron chi connectivity index (χ4n) is 2.45. The van der Waals surface area contributed by atoms with Crippen molar-refractivity contribution in [3.8, 4) is 0 Å². The maximum Gasteiger partial charge on any atom is 0.356 e. The molecule has 1 saturated heterocycles. The number of hydrogen-bond donors (Lipinski definition) is 1. The lowest BCUT2D eigenvalue weighted by molar-refractivity contribution is 0.0690. The van der Waals surface area contributed by atoms with Crippen LogP contribution >= 0.6 is 11.3 Å². The predicted molar refractivity (Wildman–Crippen MR) is 74.4 cm³/mol. The Morgan fingerprint density at radius 1 is 1.37 bits per heavy atom. The Labute approximate surface area is 114 Å². The molecule has 0 aromatic carbocycles. The van der Waals surface area contributed by atoms with E-state index >= 15 is 0 Å². The minimum absolute atomic E-state index is 0.279. The van der Waals surface area contributed by atoms with Crippen LogP contribution in [0.25, 0.3) is 4.96 Å². The van der Waals surface area contributed by atoms with Crippen LogP contribution in [-0.2, 0) is 0 Å². The van der Waals surface area contributed by atoms with E-state index in [1.807, 2.05) is 5.38 Å². The third-order valence-electron chi connectivity index (χ3n) is 3.47. The molecule has 102 valence electrons. The fraction of sp³-hybridized carbons (Fsp3) is 0.500. The second-order valence-corrected chi connectivity index (χ2v) is 5.66. The molecule has 0 atom stereocenters. The Kier molecular flexibility index (Phi) is 3.16. The largest absolute Gasteiger partial charge is 0.476 e. The van der Waals surface area contributed by atoms with Crippen LogP contribution in [0.5, 0.6) is 0 Å². The summed E-state index contributed by atoms with van der Waals surface area (Å²) in [7, 11) is 2.09. The highest BCUT2D eigenvalue weighted by Crippen LogP contribution is 2.25. The molecule has 1 N–H and O–H groups in total. The number of fused-ring (bicyclic) bond motifs is 1. The quantitative estimate of drug-likeness (QED) is 0.896. The first kappa shape index (κ1) is 12.4. The number of likely N-dealkylation sites (N-methyl/N-ethyl adjacent to an activating group) is 1. The van der Waals surface area contributed by atoms with Crippen molar-refractivity contribution in [3.05, 3.63) is 17.3 Å². The zero-order valence-corrected chi connectivity index (χ0v) is 11.6. The van der Waals surface area contributed by atoms with Gasteiger partial charge >= 0.3 is 5.97 Å². The number of rotatable bonds is 2. The Bertz CT molecular complexity index is 606. The molecule has 0 unspecified atom stereocenters. The third-order valence-corrected chi connectivity index (χ3v) is 4.22. The molecule has 1 aliphatic rings. The van der Waals surface area contributed by atoms with Gasteiger partial charge in [-0.3, -0.25) is 4.40 Å². The molecule has 3 rings (SSSR count). The van der Waals surface area contributed by atoms with Crippen molar-refractivity contribution in [1.82, 2.24) is 14.3 Å². The summed E-state index contributed by atoms with van der Waals surface area (Å²) in [6.45, 7) is 3.66. The van der Waals surface area contributed by atoms with Gasteiger partial charge in [-0.25, -0.2) is 9.78 Å². The first-order valence-corrected chi connectivity index (χ1v) is 7.17. The standard InChI is InChI=1S/C12H16N4O2S/c1-14-3-2-4-15(6-5-14)10-9(11(17)18)16-7-8-19-12(16)13-10/h7-8H,2-6H2,1H3,(H,17,18). The Morgan fingerprint density at radius 3 is 3.00 bits per heavy atom. The second kappa shape index (κ2) is 4.82. The number of nitrogens with zero attached hydrogens (tertiary/aromatic N) is 4. The van der Waals surface area contributed by atoms with E-state index in [9.17, 15) is 9.90 Å². The van der Waals surface area contributed by atoms with Crippen LogP contribution in [0.1, 0.15) is 16.9 Å². The highest BCUT2D eigenvalue weighted by atomic mass is 32.1. The molecular weight excluding hydrogens is 264 g/mol. The van der Waals surface area contributed by atoms with Crippen LogP contribution in [-0.4, -0.2) is 58.6 Å². The van der Waals surface area contributed by atoms with Gasteiger partial charge in [-0.15, -0.1) is 11.3 Å². The number of anilines is 1. The molecule has 1 aliphatic heterocycles. The summed E-state index contributed by atoms with van der Waals surface area (Å²) in [5, 5.41) is 11.3. The minimum Gasteiger partial charge on any atom is -0.476 e. The van der Waals surface area contributed by atoms with Crippen molar-refractivity contribution in [2.75, 3.05) is 38.1 Å². The van der Waals surface area contributed by atoms with Crippen molar-refractivity contribution < 1.29 is 9.90 Å². The predicted octanol–water partition coefficient (Wildman–Crippen LogP) is 1.24. The van der Waals surface area contributed by atoms with Crippen molar-refractivity contribution in [1.29, 1.82) is 0 Å². The zero-order valence-electron chi connectivity index (χ0n) is 10.7. The molecule has 7 heteroatoms. The van der Waals surface area contributed by atoms with Crippen LogP contribution in [0.2, 0.25) is 0 Å². The molecule has 0 saturated carbocycles. The summed E-state index contributed by atoms with van der Waals surface area (Å²) in [6, 6.07) is 0. The van der Waals surface area contributed by atoms with Gasteiger partial charge in [0.15, 0.2) is 16.5 Å². The van der Waals surface area contributed by atoms with Crippen LogP contribution in [0.3, 0.4) is 0 Å².